The molecule has 1 saturated heterocycles. The third-order valence-corrected chi connectivity index (χ3v) is 56.6. The maximum atomic E-state index is 5.85. The van der Waals surface area contributed by atoms with E-state index >= 15 is 0 Å². The van der Waals surface area contributed by atoms with Gasteiger partial charge in [-0.05, 0) is 0 Å². The van der Waals surface area contributed by atoms with Gasteiger partial charge in [-0.15, -0.1) is 12.3 Å². The van der Waals surface area contributed by atoms with Crippen molar-refractivity contribution >= 4 is 31.8 Å². The molecule has 5 heteroatoms. The zero-order chi connectivity index (χ0) is 9.41. The molecule has 0 aromatic carbocycles. The van der Waals surface area contributed by atoms with Crippen LogP contribution in [0.4, 0.5) is 0 Å². The minimum Gasteiger partial charge on any atom is -0.431 e. The Morgan fingerprint density at radius 1 is 1.50 bits per heavy atom. The molecule has 2 unspecified atom stereocenters. The molecule has 0 spiro atoms. The van der Waals surface area contributed by atoms with Gasteiger partial charge in [-0.25, -0.2) is 0 Å². The summed E-state index contributed by atoms with van der Waals surface area (Å²) in [5.74, 6) is 0. The van der Waals surface area contributed by atoms with E-state index in [-0.39, 0.29) is 9.28 Å². The molecule has 0 aromatic rings. The van der Waals surface area contributed by atoms with Gasteiger partial charge in [0.15, 0.2) is 0 Å². The van der Waals surface area contributed by atoms with Crippen molar-refractivity contribution in [3.63, 3.8) is 0 Å². The summed E-state index contributed by atoms with van der Waals surface area (Å²) < 4.78 is 5.85. The zero-order valence-electron chi connectivity index (χ0n) is 8.68. The highest BCUT2D eigenvalue weighted by molar-refractivity contribution is 7.74. The van der Waals surface area contributed by atoms with Crippen molar-refractivity contribution in [1.29, 1.82) is 0 Å². The average Bonchev–Trinajstić information content (AvgIpc) is 2.01. The van der Waals surface area contributed by atoms with Gasteiger partial charge in [-0.2, -0.15) is 0 Å². The van der Waals surface area contributed by atoms with Crippen molar-refractivity contribution in [1.82, 2.24) is 0 Å². The van der Waals surface area contributed by atoms with Crippen LogP contribution in [0.3, 0.4) is 0 Å². The molecule has 12 heavy (non-hydrogen) atoms. The fourth-order valence-electron chi connectivity index (χ4n) is 1.73. The molecule has 1 fully saturated rings. The van der Waals surface area contributed by atoms with Crippen molar-refractivity contribution in [2.45, 2.75) is 26.2 Å². The summed E-state index contributed by atoms with van der Waals surface area (Å²) in [5.41, 5.74) is 2.30. The molecular formula is C7H20OSi4. The molecule has 70 valence electrons. The molecule has 1 nitrogen and oxygen atoms in total. The first-order chi connectivity index (χ1) is 5.44. The van der Waals surface area contributed by atoms with Gasteiger partial charge in [0.2, 0.25) is 0 Å². The van der Waals surface area contributed by atoms with Gasteiger partial charge in [0, 0.05) is 21.2 Å². The van der Waals surface area contributed by atoms with Gasteiger partial charge in [0.1, 0.15) is 9.28 Å². The Morgan fingerprint density at radius 3 is 2.50 bits per heavy atom. The molecule has 1 aliphatic heterocycles. The lowest BCUT2D eigenvalue weighted by atomic mass is 11.3. The normalized spacial score (nSPS) is 42.8. The topological polar surface area (TPSA) is 9.23 Å². The molecule has 2 atom stereocenters. The van der Waals surface area contributed by atoms with Crippen LogP contribution in [0.1, 0.15) is 0 Å². The van der Waals surface area contributed by atoms with E-state index in [1.807, 2.05) is 0 Å². The Balaban J connectivity index is 2.93. The fraction of sp³-hybridized carbons (Fsp3) is 0.714. The Bertz CT molecular complexity index is 194. The van der Waals surface area contributed by atoms with E-state index in [2.05, 4.69) is 38.5 Å². The van der Waals surface area contributed by atoms with E-state index in [9.17, 15) is 0 Å². The highest BCUT2D eigenvalue weighted by atomic mass is 29.8. The third kappa shape index (κ3) is 1.48. The molecule has 0 aliphatic carbocycles. The number of hydrogen-bond acceptors (Lipinski definition) is 1. The van der Waals surface area contributed by atoms with Gasteiger partial charge in [-0.1, -0.05) is 26.2 Å². The molecule has 1 aliphatic rings. The van der Waals surface area contributed by atoms with E-state index < -0.39 is 22.5 Å². The van der Waals surface area contributed by atoms with Crippen molar-refractivity contribution in [3.05, 3.63) is 12.3 Å². The number of rotatable bonds is 1. The Hall–Kier alpha value is 0.568. The Morgan fingerprint density at radius 2 is 2.08 bits per heavy atom. The highest BCUT2D eigenvalue weighted by Crippen LogP contribution is 2.26. The third-order valence-electron chi connectivity index (χ3n) is 3.92. The van der Waals surface area contributed by atoms with Gasteiger partial charge >= 0.3 is 0 Å². The molecule has 0 radical (unpaired) electrons. The van der Waals surface area contributed by atoms with Crippen LogP contribution in [0.2, 0.25) is 26.2 Å². The van der Waals surface area contributed by atoms with Crippen LogP contribution < -0.4 is 0 Å². The average molecular weight is 233 g/mol. The SMILES string of the molecule is C=C[Si]1(C)CO[SiH2][SiH](C)[Si]1(C)C. The van der Waals surface area contributed by atoms with Crippen molar-refractivity contribution in [3.8, 4) is 0 Å². The van der Waals surface area contributed by atoms with Crippen LogP contribution in [0.25, 0.3) is 0 Å². The maximum Gasteiger partial charge on any atom is 0.143 e. The standard InChI is InChI=1S/C7H20OSi4/c1-6-12(5)7-8-9-10(2)11(12,3)4/h6,10H,1,7,9H2,2-5H3. The first-order valence-corrected chi connectivity index (χ1v) is 18.2. The van der Waals surface area contributed by atoms with Crippen LogP contribution in [0.5, 0.6) is 0 Å². The number of hydrogen-bond donors (Lipinski definition) is 0. The van der Waals surface area contributed by atoms with E-state index in [1.54, 1.807) is 0 Å². The van der Waals surface area contributed by atoms with E-state index in [4.69, 9.17) is 4.43 Å². The summed E-state index contributed by atoms with van der Waals surface area (Å²) in [5, 5.41) is 0. The summed E-state index contributed by atoms with van der Waals surface area (Å²) in [6.07, 6.45) is 1.11. The van der Waals surface area contributed by atoms with Gasteiger partial charge in [0.25, 0.3) is 0 Å². The second-order valence-corrected chi connectivity index (χ2v) is 37.7. The van der Waals surface area contributed by atoms with Crippen molar-refractivity contribution in [2.24, 2.45) is 0 Å². The first-order valence-electron chi connectivity index (χ1n) is 4.65. The summed E-state index contributed by atoms with van der Waals surface area (Å²) in [6.45, 7) is 14.3. The molecule has 1 heterocycles. The minimum atomic E-state index is -1.12. The second-order valence-electron chi connectivity index (χ2n) is 4.76. The summed E-state index contributed by atoms with van der Waals surface area (Å²) >= 11 is 0. The van der Waals surface area contributed by atoms with Crippen LogP contribution in [-0.4, -0.2) is 38.0 Å². The first kappa shape index (κ1) is 10.6. The van der Waals surface area contributed by atoms with Gasteiger partial charge in [0.05, 0.1) is 7.59 Å². The molecule has 0 N–H and O–H groups in total. The quantitative estimate of drug-likeness (QED) is 0.604. The van der Waals surface area contributed by atoms with Crippen LogP contribution in [-0.2, 0) is 4.43 Å². The lowest BCUT2D eigenvalue weighted by molar-refractivity contribution is 0.414. The fourth-order valence-corrected chi connectivity index (χ4v) is 48.8. The molecular weight excluding hydrogens is 212 g/mol. The monoisotopic (exact) mass is 232 g/mol. The molecule has 0 amide bonds. The van der Waals surface area contributed by atoms with Gasteiger partial charge in [-0.3, -0.25) is 0 Å². The van der Waals surface area contributed by atoms with Crippen LogP contribution >= 0.6 is 0 Å². The maximum absolute atomic E-state index is 5.85. The zero-order valence-corrected chi connectivity index (χ0v) is 13.3. The van der Waals surface area contributed by atoms with Crippen molar-refractivity contribution < 1.29 is 4.43 Å². The molecule has 0 bridgehead atoms. The van der Waals surface area contributed by atoms with E-state index in [1.165, 1.54) is 0 Å². The minimum absolute atomic E-state index is 0.0619. The summed E-state index contributed by atoms with van der Waals surface area (Å²) in [4.78, 5) is 0. The predicted molar refractivity (Wildman–Crippen MR) is 66.8 cm³/mol. The van der Waals surface area contributed by atoms with Crippen molar-refractivity contribution in [2.75, 3.05) is 6.23 Å². The van der Waals surface area contributed by atoms with Crippen LogP contribution in [0.15, 0.2) is 12.3 Å². The van der Waals surface area contributed by atoms with E-state index in [0.717, 1.165) is 6.23 Å². The van der Waals surface area contributed by atoms with Crippen LogP contribution in [0, 0.1) is 0 Å². The molecule has 1 rings (SSSR count). The van der Waals surface area contributed by atoms with Gasteiger partial charge < -0.3 is 4.43 Å². The Labute approximate surface area is 81.1 Å². The Kier molecular flexibility index (Phi) is 2.99. The summed E-state index contributed by atoms with van der Waals surface area (Å²) in [7, 11) is -2.44. The molecule has 0 aromatic heterocycles. The molecule has 0 saturated carbocycles. The largest absolute Gasteiger partial charge is 0.431 e. The predicted octanol–water partition coefficient (Wildman–Crippen LogP) is 0.662. The lowest BCUT2D eigenvalue weighted by Gasteiger charge is -2.46. The van der Waals surface area contributed by atoms with E-state index in [0.29, 0.717) is 0 Å². The smallest absolute Gasteiger partial charge is 0.143 e. The lowest BCUT2D eigenvalue weighted by Crippen LogP contribution is -2.72. The summed E-state index contributed by atoms with van der Waals surface area (Å²) in [6, 6.07) is 0. The second kappa shape index (κ2) is 3.37. The highest BCUT2D eigenvalue weighted by Gasteiger charge is 2.49.